The molecule has 13 heavy (non-hydrogen) atoms. The normalized spacial score (nSPS) is 9.38. The van der Waals surface area contributed by atoms with Gasteiger partial charge in [0.25, 0.3) is 0 Å². The van der Waals surface area contributed by atoms with Crippen molar-refractivity contribution in [1.29, 1.82) is 0 Å². The van der Waals surface area contributed by atoms with E-state index in [9.17, 15) is 9.59 Å². The fraction of sp³-hybridized carbons (Fsp3) is 0.667. The second-order valence-corrected chi connectivity index (χ2v) is 2.58. The lowest BCUT2D eigenvalue weighted by Gasteiger charge is -2.02. The van der Waals surface area contributed by atoms with Crippen LogP contribution in [0.4, 0.5) is 0 Å². The zero-order chi connectivity index (χ0) is 10.1. The average Bonchev–Trinajstić information content (AvgIpc) is 2.05. The molecule has 0 saturated heterocycles. The molecular formula is C9H15O4. The lowest BCUT2D eigenvalue weighted by atomic mass is 10.3. The summed E-state index contributed by atoms with van der Waals surface area (Å²) in [5.41, 5.74) is 0. The summed E-state index contributed by atoms with van der Waals surface area (Å²) in [4.78, 5) is 21.5. The summed E-state index contributed by atoms with van der Waals surface area (Å²) in [5, 5.41) is 0. The summed E-state index contributed by atoms with van der Waals surface area (Å²) in [6.45, 7) is 4.53. The first-order valence-electron chi connectivity index (χ1n) is 4.41. The van der Waals surface area contributed by atoms with Crippen molar-refractivity contribution in [1.82, 2.24) is 0 Å². The van der Waals surface area contributed by atoms with Crippen molar-refractivity contribution in [3.05, 3.63) is 6.79 Å². The van der Waals surface area contributed by atoms with Crippen LogP contribution in [0, 0.1) is 6.79 Å². The van der Waals surface area contributed by atoms with E-state index in [1.807, 2.05) is 13.8 Å². The standard InChI is InChI=1S/C9H15O4/c1-3-5-8(10)12-7-13-9(11)6-4-2/h7H,3-6H2,1-2H3. The van der Waals surface area contributed by atoms with Crippen molar-refractivity contribution < 1.29 is 19.1 Å². The molecule has 1 radical (unpaired) electrons. The van der Waals surface area contributed by atoms with Crippen molar-refractivity contribution in [2.75, 3.05) is 0 Å². The summed E-state index contributed by atoms with van der Waals surface area (Å²) >= 11 is 0. The summed E-state index contributed by atoms with van der Waals surface area (Å²) in [5.74, 6) is -0.765. The molecule has 75 valence electrons. The van der Waals surface area contributed by atoms with Crippen molar-refractivity contribution >= 4 is 11.9 Å². The molecule has 0 aromatic carbocycles. The molecule has 0 atom stereocenters. The third-order valence-corrected chi connectivity index (χ3v) is 1.27. The van der Waals surface area contributed by atoms with Gasteiger partial charge >= 0.3 is 18.7 Å². The Hall–Kier alpha value is -1.06. The van der Waals surface area contributed by atoms with Gasteiger partial charge in [-0.05, 0) is 12.8 Å². The van der Waals surface area contributed by atoms with Crippen LogP contribution in [-0.2, 0) is 19.1 Å². The molecule has 0 aliphatic heterocycles. The Kier molecular flexibility index (Phi) is 6.96. The number of ether oxygens (including phenoxy) is 2. The molecule has 0 amide bonds. The van der Waals surface area contributed by atoms with Gasteiger partial charge in [0.05, 0.1) is 0 Å². The van der Waals surface area contributed by atoms with E-state index in [2.05, 4.69) is 9.47 Å². The maximum absolute atomic E-state index is 10.7. The van der Waals surface area contributed by atoms with Gasteiger partial charge in [-0.2, -0.15) is 0 Å². The molecule has 0 aromatic heterocycles. The van der Waals surface area contributed by atoms with E-state index in [0.29, 0.717) is 12.8 Å². The zero-order valence-electron chi connectivity index (χ0n) is 8.04. The molecular weight excluding hydrogens is 172 g/mol. The first-order chi connectivity index (χ1) is 6.20. The molecule has 0 aliphatic rings. The van der Waals surface area contributed by atoms with Crippen molar-refractivity contribution in [3.8, 4) is 0 Å². The van der Waals surface area contributed by atoms with Crippen LogP contribution in [0.25, 0.3) is 0 Å². The Bertz CT molecular complexity index is 147. The fourth-order valence-corrected chi connectivity index (χ4v) is 0.657. The van der Waals surface area contributed by atoms with E-state index in [1.165, 1.54) is 0 Å². The van der Waals surface area contributed by atoms with Crippen LogP contribution in [0.1, 0.15) is 39.5 Å². The number of hydrogen-bond acceptors (Lipinski definition) is 4. The van der Waals surface area contributed by atoms with Crippen molar-refractivity contribution in [3.63, 3.8) is 0 Å². The van der Waals surface area contributed by atoms with Gasteiger partial charge in [0.2, 0.25) is 0 Å². The van der Waals surface area contributed by atoms with Crippen LogP contribution in [0.3, 0.4) is 0 Å². The van der Waals surface area contributed by atoms with Crippen LogP contribution in [-0.4, -0.2) is 11.9 Å². The molecule has 0 N–H and O–H groups in total. The highest BCUT2D eigenvalue weighted by atomic mass is 16.7. The minimum Gasteiger partial charge on any atom is -0.417 e. The number of hydrogen-bond donors (Lipinski definition) is 0. The maximum Gasteiger partial charge on any atom is 0.320 e. The molecule has 0 saturated carbocycles. The molecule has 0 spiro atoms. The number of rotatable bonds is 6. The average molecular weight is 187 g/mol. The summed E-state index contributed by atoms with van der Waals surface area (Å²) in [6.07, 6.45) is 2.11. The number of carbonyl (C=O) groups excluding carboxylic acids is 2. The Labute approximate surface area is 78.2 Å². The van der Waals surface area contributed by atoms with Crippen LogP contribution >= 0.6 is 0 Å². The van der Waals surface area contributed by atoms with E-state index >= 15 is 0 Å². The Morgan fingerprint density at radius 2 is 1.38 bits per heavy atom. The monoisotopic (exact) mass is 187 g/mol. The summed E-state index contributed by atoms with van der Waals surface area (Å²) in [7, 11) is 0. The van der Waals surface area contributed by atoms with Crippen LogP contribution in [0.2, 0.25) is 0 Å². The third-order valence-electron chi connectivity index (χ3n) is 1.27. The van der Waals surface area contributed by atoms with Gasteiger partial charge in [-0.15, -0.1) is 0 Å². The van der Waals surface area contributed by atoms with Crippen molar-refractivity contribution in [2.24, 2.45) is 0 Å². The van der Waals surface area contributed by atoms with Gasteiger partial charge in [-0.1, -0.05) is 13.8 Å². The fourth-order valence-electron chi connectivity index (χ4n) is 0.657. The predicted molar refractivity (Wildman–Crippen MR) is 46.3 cm³/mol. The minimum atomic E-state index is -0.383. The Balaban J connectivity index is 3.33. The van der Waals surface area contributed by atoms with Gasteiger partial charge in [0, 0.05) is 12.8 Å². The van der Waals surface area contributed by atoms with E-state index in [4.69, 9.17) is 0 Å². The van der Waals surface area contributed by atoms with Crippen LogP contribution in [0.5, 0.6) is 0 Å². The highest BCUT2D eigenvalue weighted by molar-refractivity contribution is 5.71. The van der Waals surface area contributed by atoms with Gasteiger partial charge < -0.3 is 9.47 Å². The van der Waals surface area contributed by atoms with Crippen LogP contribution < -0.4 is 0 Å². The minimum absolute atomic E-state index is 0.335. The largest absolute Gasteiger partial charge is 0.417 e. The lowest BCUT2D eigenvalue weighted by molar-refractivity contribution is -0.155. The van der Waals surface area contributed by atoms with E-state index in [-0.39, 0.29) is 11.9 Å². The van der Waals surface area contributed by atoms with Gasteiger partial charge in [-0.3, -0.25) is 9.59 Å². The van der Waals surface area contributed by atoms with Gasteiger partial charge in [0.15, 0.2) is 0 Å². The highest BCUT2D eigenvalue weighted by Crippen LogP contribution is 1.97. The summed E-state index contributed by atoms with van der Waals surface area (Å²) < 4.78 is 8.98. The molecule has 0 aromatic rings. The highest BCUT2D eigenvalue weighted by Gasteiger charge is 2.04. The second kappa shape index (κ2) is 7.58. The Morgan fingerprint density at radius 3 is 1.69 bits per heavy atom. The smallest absolute Gasteiger partial charge is 0.320 e. The van der Waals surface area contributed by atoms with Gasteiger partial charge in [0.1, 0.15) is 0 Å². The van der Waals surface area contributed by atoms with Crippen LogP contribution in [0.15, 0.2) is 0 Å². The number of carbonyl (C=O) groups is 2. The second-order valence-electron chi connectivity index (χ2n) is 2.58. The van der Waals surface area contributed by atoms with Gasteiger partial charge in [-0.25, -0.2) is 0 Å². The van der Waals surface area contributed by atoms with E-state index < -0.39 is 0 Å². The van der Waals surface area contributed by atoms with Crippen molar-refractivity contribution in [2.45, 2.75) is 39.5 Å². The molecule has 0 fully saturated rings. The topological polar surface area (TPSA) is 52.6 Å². The SMILES string of the molecule is CCCC(=O)O[CH]OC(=O)CCC. The first kappa shape index (κ1) is 11.9. The molecule has 0 rings (SSSR count). The number of esters is 2. The molecule has 0 heterocycles. The Morgan fingerprint density at radius 1 is 1.00 bits per heavy atom. The zero-order valence-corrected chi connectivity index (χ0v) is 8.04. The third kappa shape index (κ3) is 7.31. The maximum atomic E-state index is 10.7. The van der Waals surface area contributed by atoms with E-state index in [1.54, 1.807) is 0 Å². The first-order valence-corrected chi connectivity index (χ1v) is 4.41. The summed E-state index contributed by atoms with van der Waals surface area (Å²) in [6, 6.07) is 0. The predicted octanol–water partition coefficient (Wildman–Crippen LogP) is 1.79. The molecule has 0 unspecified atom stereocenters. The molecule has 4 nitrogen and oxygen atoms in total. The molecule has 0 aliphatic carbocycles. The molecule has 0 bridgehead atoms. The van der Waals surface area contributed by atoms with E-state index in [0.717, 1.165) is 19.6 Å². The quantitative estimate of drug-likeness (QED) is 0.595. The lowest BCUT2D eigenvalue weighted by Crippen LogP contribution is -2.07. The molecule has 4 heteroatoms.